The molecule has 1 N–H and O–H groups in total. The van der Waals surface area contributed by atoms with E-state index in [0.717, 1.165) is 11.1 Å². The molecule has 0 saturated heterocycles. The van der Waals surface area contributed by atoms with Crippen molar-refractivity contribution < 1.29 is 9.59 Å². The van der Waals surface area contributed by atoms with Crippen molar-refractivity contribution in [3.63, 3.8) is 0 Å². The lowest BCUT2D eigenvalue weighted by atomic mass is 9.88. The molecule has 0 radical (unpaired) electrons. The maximum Gasteiger partial charge on any atom is 0.225 e. The maximum atomic E-state index is 13.1. The minimum Gasteiger partial charge on any atom is -0.325 e. The number of anilines is 1. The van der Waals surface area contributed by atoms with Crippen LogP contribution in [0.25, 0.3) is 0 Å². The Balaban J connectivity index is 1.60. The van der Waals surface area contributed by atoms with Gasteiger partial charge < -0.3 is 5.32 Å². The van der Waals surface area contributed by atoms with Gasteiger partial charge in [-0.15, -0.1) is 0 Å². The predicted octanol–water partition coefficient (Wildman–Crippen LogP) is 6.73. The van der Waals surface area contributed by atoms with Crippen molar-refractivity contribution in [3.05, 3.63) is 136 Å². The summed E-state index contributed by atoms with van der Waals surface area (Å²) >= 11 is 6.16. The third kappa shape index (κ3) is 5.13. The second kappa shape index (κ2) is 10.1. The van der Waals surface area contributed by atoms with E-state index in [1.807, 2.05) is 66.7 Å². The summed E-state index contributed by atoms with van der Waals surface area (Å²) in [6.07, 6.45) is 0.246. The molecular weight excluding hydrogens is 418 g/mol. The number of ketones is 1. The van der Waals surface area contributed by atoms with Gasteiger partial charge in [0.15, 0.2) is 5.78 Å². The largest absolute Gasteiger partial charge is 0.325 e. The fourth-order valence-electron chi connectivity index (χ4n) is 3.74. The normalized spacial score (nSPS) is 10.7. The first-order valence-corrected chi connectivity index (χ1v) is 10.8. The van der Waals surface area contributed by atoms with Gasteiger partial charge in [-0.1, -0.05) is 103 Å². The van der Waals surface area contributed by atoms with Crippen LogP contribution in [0.1, 0.15) is 39.4 Å². The summed E-state index contributed by atoms with van der Waals surface area (Å²) in [5.74, 6) is -0.462. The maximum absolute atomic E-state index is 13.1. The number of carbonyl (C=O) groups is 2. The minimum absolute atomic E-state index is 0.0991. The van der Waals surface area contributed by atoms with Gasteiger partial charge in [0.2, 0.25) is 5.91 Å². The number of hydrogen-bond donors (Lipinski definition) is 1. The van der Waals surface area contributed by atoms with E-state index in [1.54, 1.807) is 42.5 Å². The Hall–Kier alpha value is -3.69. The van der Waals surface area contributed by atoms with Crippen LogP contribution in [-0.4, -0.2) is 11.7 Å². The molecule has 0 atom stereocenters. The highest BCUT2D eigenvalue weighted by molar-refractivity contribution is 6.31. The first-order valence-electron chi connectivity index (χ1n) is 10.4. The number of amides is 1. The Bertz CT molecular complexity index is 1170. The molecule has 0 spiro atoms. The van der Waals surface area contributed by atoms with Crippen LogP contribution < -0.4 is 5.32 Å². The van der Waals surface area contributed by atoms with Crippen LogP contribution in [0.15, 0.2) is 109 Å². The Morgan fingerprint density at radius 3 is 1.81 bits per heavy atom. The van der Waals surface area contributed by atoms with Crippen molar-refractivity contribution in [1.82, 2.24) is 0 Å². The van der Waals surface area contributed by atoms with Crippen molar-refractivity contribution >= 4 is 29.0 Å². The molecule has 0 aliphatic carbocycles. The topological polar surface area (TPSA) is 46.2 Å². The molecule has 0 aromatic heterocycles. The number of carbonyl (C=O) groups excluding carboxylic acids is 2. The Labute approximate surface area is 192 Å². The molecule has 0 unspecified atom stereocenters. The highest BCUT2D eigenvalue weighted by Gasteiger charge is 2.20. The number of benzene rings is 4. The number of halogens is 1. The van der Waals surface area contributed by atoms with Gasteiger partial charge in [-0.2, -0.15) is 0 Å². The molecule has 1 amide bonds. The van der Waals surface area contributed by atoms with Gasteiger partial charge >= 0.3 is 0 Å². The number of hydrogen-bond acceptors (Lipinski definition) is 2. The average Bonchev–Trinajstić information content (AvgIpc) is 2.85. The van der Waals surface area contributed by atoms with Gasteiger partial charge in [0.05, 0.1) is 5.69 Å². The number of nitrogens with one attached hydrogen (secondary N) is 1. The molecule has 3 nitrogen and oxygen atoms in total. The third-order valence-electron chi connectivity index (χ3n) is 5.33. The molecule has 4 rings (SSSR count). The lowest BCUT2D eigenvalue weighted by Gasteiger charge is -2.18. The SMILES string of the molecule is O=C(CC(c1ccccc1)c1ccccc1)Nc1ccc(Cl)cc1C(=O)c1ccccc1. The summed E-state index contributed by atoms with van der Waals surface area (Å²) in [7, 11) is 0. The van der Waals surface area contributed by atoms with Crippen LogP contribution in [0, 0.1) is 0 Å². The third-order valence-corrected chi connectivity index (χ3v) is 5.56. The fraction of sp³-hybridized carbons (Fsp3) is 0.0714. The first-order chi connectivity index (χ1) is 15.6. The quantitative estimate of drug-likeness (QED) is 0.324. The van der Waals surface area contributed by atoms with E-state index in [9.17, 15) is 9.59 Å². The second-order valence-corrected chi connectivity index (χ2v) is 7.95. The lowest BCUT2D eigenvalue weighted by molar-refractivity contribution is -0.116. The summed E-state index contributed by atoms with van der Waals surface area (Å²) in [6.45, 7) is 0. The van der Waals surface area contributed by atoms with Gasteiger partial charge in [-0.3, -0.25) is 9.59 Å². The molecule has 0 aliphatic heterocycles. The van der Waals surface area contributed by atoms with Crippen LogP contribution in [-0.2, 0) is 4.79 Å². The summed E-state index contributed by atoms with van der Waals surface area (Å²) in [5.41, 5.74) is 3.48. The van der Waals surface area contributed by atoms with E-state index in [1.165, 1.54) is 0 Å². The van der Waals surface area contributed by atoms with Gasteiger partial charge in [-0.25, -0.2) is 0 Å². The van der Waals surface area contributed by atoms with Crippen LogP contribution in [0.3, 0.4) is 0 Å². The molecule has 158 valence electrons. The zero-order valence-corrected chi connectivity index (χ0v) is 18.1. The van der Waals surface area contributed by atoms with Crippen LogP contribution in [0.2, 0.25) is 5.02 Å². The summed E-state index contributed by atoms with van der Waals surface area (Å²) in [6, 6.07) is 33.8. The van der Waals surface area contributed by atoms with E-state index < -0.39 is 0 Å². The van der Waals surface area contributed by atoms with E-state index in [4.69, 9.17) is 11.6 Å². The van der Waals surface area contributed by atoms with Crippen molar-refractivity contribution in [3.8, 4) is 0 Å². The van der Waals surface area contributed by atoms with Gasteiger partial charge in [0.1, 0.15) is 0 Å². The monoisotopic (exact) mass is 439 g/mol. The summed E-state index contributed by atoms with van der Waals surface area (Å²) < 4.78 is 0. The van der Waals surface area contributed by atoms with Crippen molar-refractivity contribution in [2.24, 2.45) is 0 Å². The first kappa shape index (κ1) is 21.5. The zero-order valence-electron chi connectivity index (χ0n) is 17.4. The second-order valence-electron chi connectivity index (χ2n) is 7.51. The molecule has 0 bridgehead atoms. The van der Waals surface area contributed by atoms with Gasteiger partial charge in [0.25, 0.3) is 0 Å². The Kier molecular flexibility index (Phi) is 6.78. The Morgan fingerprint density at radius 1 is 0.719 bits per heavy atom. The van der Waals surface area contributed by atoms with Crippen LogP contribution in [0.5, 0.6) is 0 Å². The Morgan fingerprint density at radius 2 is 1.25 bits per heavy atom. The average molecular weight is 440 g/mol. The van der Waals surface area contributed by atoms with Crippen molar-refractivity contribution in [2.45, 2.75) is 12.3 Å². The van der Waals surface area contributed by atoms with E-state index in [2.05, 4.69) is 5.32 Å². The lowest BCUT2D eigenvalue weighted by Crippen LogP contribution is -2.18. The van der Waals surface area contributed by atoms with Crippen LogP contribution in [0.4, 0.5) is 5.69 Å². The summed E-state index contributed by atoms with van der Waals surface area (Å²) in [5, 5.41) is 3.38. The predicted molar refractivity (Wildman–Crippen MR) is 129 cm³/mol. The highest BCUT2D eigenvalue weighted by atomic mass is 35.5. The molecule has 0 aliphatic rings. The minimum atomic E-state index is -0.189. The molecule has 4 aromatic rings. The number of rotatable bonds is 7. The van der Waals surface area contributed by atoms with Crippen molar-refractivity contribution in [2.75, 3.05) is 5.32 Å². The summed E-state index contributed by atoms with van der Waals surface area (Å²) in [4.78, 5) is 26.2. The molecule has 0 heterocycles. The van der Waals surface area contributed by atoms with Gasteiger partial charge in [0, 0.05) is 28.5 Å². The van der Waals surface area contributed by atoms with Crippen molar-refractivity contribution in [1.29, 1.82) is 0 Å². The molecule has 32 heavy (non-hydrogen) atoms. The van der Waals surface area contributed by atoms with E-state index >= 15 is 0 Å². The molecule has 4 aromatic carbocycles. The smallest absolute Gasteiger partial charge is 0.225 e. The molecule has 4 heteroatoms. The molecular formula is C28H22ClNO2. The molecule has 0 fully saturated rings. The standard InChI is InChI=1S/C28H22ClNO2/c29-23-16-17-26(25(18-23)28(32)22-14-8-3-9-15-22)30-27(31)19-24(20-10-4-1-5-11-20)21-12-6-2-7-13-21/h1-18,24H,19H2,(H,30,31). The fourth-order valence-corrected chi connectivity index (χ4v) is 3.92. The zero-order chi connectivity index (χ0) is 22.3. The van der Waals surface area contributed by atoms with E-state index in [-0.39, 0.29) is 24.0 Å². The van der Waals surface area contributed by atoms with Gasteiger partial charge in [-0.05, 0) is 29.3 Å². The highest BCUT2D eigenvalue weighted by Crippen LogP contribution is 2.29. The molecule has 0 saturated carbocycles. The van der Waals surface area contributed by atoms with E-state index in [0.29, 0.717) is 21.8 Å². The van der Waals surface area contributed by atoms with Crippen LogP contribution >= 0.6 is 11.6 Å².